The number of methoxy groups -OCH3 is 2. The maximum absolute atomic E-state index is 5.53. The Morgan fingerprint density at radius 2 is 1.73 bits per heavy atom. The molecule has 0 bridgehead atoms. The molecule has 0 aliphatic carbocycles. The zero-order chi connectivity index (χ0) is 17.7. The standard InChI is InChI=1S/C22H26N2O2/c1-25-16-6-3-5-15(13-16)23-12-10-19-20-7-4-11-24(20)21-14-17(26-2)8-9-18(21)22(19)23/h3,5-6,8-9,13-14,19-20,22H,4,7,10-12H2,1-2H3/t19-,20-,22+/m1/s1. The molecule has 0 aromatic heterocycles. The third-order valence-corrected chi connectivity index (χ3v) is 6.49. The second kappa shape index (κ2) is 6.11. The number of ether oxygens (including phenoxy) is 2. The van der Waals surface area contributed by atoms with E-state index in [-0.39, 0.29) is 0 Å². The van der Waals surface area contributed by atoms with Gasteiger partial charge in [0.05, 0.1) is 20.3 Å². The SMILES string of the molecule is COc1cccc(N2CC[C@@H]3[C@H]4CCCN4c4cc(OC)ccc4[C@@H]32)c1. The minimum absolute atomic E-state index is 0.447. The summed E-state index contributed by atoms with van der Waals surface area (Å²) in [5, 5.41) is 0. The minimum atomic E-state index is 0.447. The summed E-state index contributed by atoms with van der Waals surface area (Å²) in [7, 11) is 3.50. The smallest absolute Gasteiger partial charge is 0.120 e. The van der Waals surface area contributed by atoms with Crippen LogP contribution in [-0.4, -0.2) is 33.4 Å². The molecule has 5 rings (SSSR count). The first-order valence-electron chi connectivity index (χ1n) is 9.65. The van der Waals surface area contributed by atoms with Crippen molar-refractivity contribution in [2.45, 2.75) is 31.3 Å². The van der Waals surface area contributed by atoms with E-state index in [2.05, 4.69) is 46.2 Å². The molecule has 2 aromatic carbocycles. The molecular weight excluding hydrogens is 324 g/mol. The molecule has 136 valence electrons. The van der Waals surface area contributed by atoms with Gasteiger partial charge in [-0.25, -0.2) is 0 Å². The van der Waals surface area contributed by atoms with Crippen LogP contribution >= 0.6 is 0 Å². The summed E-state index contributed by atoms with van der Waals surface area (Å²) in [6, 6.07) is 16.3. The highest BCUT2D eigenvalue weighted by Gasteiger charge is 2.48. The van der Waals surface area contributed by atoms with Crippen molar-refractivity contribution in [1.82, 2.24) is 0 Å². The lowest BCUT2D eigenvalue weighted by Crippen LogP contribution is -2.44. The van der Waals surface area contributed by atoms with Crippen molar-refractivity contribution < 1.29 is 9.47 Å². The molecule has 3 atom stereocenters. The van der Waals surface area contributed by atoms with Crippen LogP contribution in [0.15, 0.2) is 42.5 Å². The maximum Gasteiger partial charge on any atom is 0.120 e. The Kier molecular flexibility index (Phi) is 3.73. The average molecular weight is 350 g/mol. The lowest BCUT2D eigenvalue weighted by Gasteiger charge is -2.44. The van der Waals surface area contributed by atoms with Gasteiger partial charge in [-0.1, -0.05) is 12.1 Å². The quantitative estimate of drug-likeness (QED) is 0.826. The number of fused-ring (bicyclic) bond motifs is 6. The summed E-state index contributed by atoms with van der Waals surface area (Å²) in [6.45, 7) is 2.28. The lowest BCUT2D eigenvalue weighted by molar-refractivity contribution is 0.371. The molecule has 26 heavy (non-hydrogen) atoms. The Morgan fingerprint density at radius 3 is 2.58 bits per heavy atom. The van der Waals surface area contributed by atoms with Gasteiger partial charge >= 0.3 is 0 Å². The van der Waals surface area contributed by atoms with E-state index in [1.807, 2.05) is 6.07 Å². The van der Waals surface area contributed by atoms with Gasteiger partial charge in [-0.3, -0.25) is 0 Å². The summed E-state index contributed by atoms with van der Waals surface area (Å²) in [4.78, 5) is 5.24. The van der Waals surface area contributed by atoms with Crippen molar-refractivity contribution in [3.05, 3.63) is 48.0 Å². The minimum Gasteiger partial charge on any atom is -0.497 e. The first-order valence-corrected chi connectivity index (χ1v) is 9.65. The molecule has 2 saturated heterocycles. The maximum atomic E-state index is 5.53. The van der Waals surface area contributed by atoms with Gasteiger partial charge in [0.25, 0.3) is 0 Å². The number of anilines is 2. The van der Waals surface area contributed by atoms with Gasteiger partial charge in [0.15, 0.2) is 0 Å². The van der Waals surface area contributed by atoms with Crippen LogP contribution in [0.3, 0.4) is 0 Å². The van der Waals surface area contributed by atoms with E-state index in [4.69, 9.17) is 9.47 Å². The highest BCUT2D eigenvalue weighted by Crippen LogP contribution is 2.53. The van der Waals surface area contributed by atoms with Crippen molar-refractivity contribution >= 4 is 11.4 Å². The van der Waals surface area contributed by atoms with Gasteiger partial charge < -0.3 is 19.3 Å². The molecular formula is C22H26N2O2. The summed E-state index contributed by atoms with van der Waals surface area (Å²) >= 11 is 0. The van der Waals surface area contributed by atoms with Crippen LogP contribution < -0.4 is 19.3 Å². The molecule has 0 unspecified atom stereocenters. The van der Waals surface area contributed by atoms with E-state index in [0.717, 1.165) is 18.0 Å². The Hall–Kier alpha value is -2.36. The topological polar surface area (TPSA) is 24.9 Å². The fourth-order valence-corrected chi connectivity index (χ4v) is 5.38. The van der Waals surface area contributed by atoms with Crippen LogP contribution in [0.5, 0.6) is 11.5 Å². The van der Waals surface area contributed by atoms with E-state index in [1.165, 1.54) is 42.7 Å². The molecule has 2 fully saturated rings. The van der Waals surface area contributed by atoms with Gasteiger partial charge in [-0.15, -0.1) is 0 Å². The van der Waals surface area contributed by atoms with Gasteiger partial charge in [-0.2, -0.15) is 0 Å². The molecule has 4 nitrogen and oxygen atoms in total. The van der Waals surface area contributed by atoms with Crippen molar-refractivity contribution in [2.75, 3.05) is 37.1 Å². The van der Waals surface area contributed by atoms with Crippen LogP contribution in [-0.2, 0) is 0 Å². The molecule has 0 N–H and O–H groups in total. The molecule has 4 heteroatoms. The van der Waals surface area contributed by atoms with E-state index >= 15 is 0 Å². The molecule has 0 saturated carbocycles. The first-order chi connectivity index (χ1) is 12.8. The third-order valence-electron chi connectivity index (χ3n) is 6.49. The Balaban J connectivity index is 1.61. The van der Waals surface area contributed by atoms with Crippen LogP contribution in [0.4, 0.5) is 11.4 Å². The second-order valence-electron chi connectivity index (χ2n) is 7.62. The van der Waals surface area contributed by atoms with Crippen LogP contribution in [0.2, 0.25) is 0 Å². The van der Waals surface area contributed by atoms with E-state index in [0.29, 0.717) is 18.0 Å². The van der Waals surface area contributed by atoms with Gasteiger partial charge in [0, 0.05) is 48.6 Å². The van der Waals surface area contributed by atoms with Gasteiger partial charge in [0.2, 0.25) is 0 Å². The molecule has 0 spiro atoms. The molecule has 2 aromatic rings. The largest absolute Gasteiger partial charge is 0.497 e. The predicted octanol–water partition coefficient (Wildman–Crippen LogP) is 4.25. The normalized spacial score (nSPS) is 26.3. The summed E-state index contributed by atoms with van der Waals surface area (Å²) in [6.07, 6.45) is 3.86. The number of hydrogen-bond acceptors (Lipinski definition) is 4. The van der Waals surface area contributed by atoms with Crippen LogP contribution in [0.25, 0.3) is 0 Å². The predicted molar refractivity (Wildman–Crippen MR) is 105 cm³/mol. The number of hydrogen-bond donors (Lipinski definition) is 0. The van der Waals surface area contributed by atoms with Crippen molar-refractivity contribution in [1.29, 1.82) is 0 Å². The summed E-state index contributed by atoms with van der Waals surface area (Å²) in [5.41, 5.74) is 4.10. The Morgan fingerprint density at radius 1 is 0.885 bits per heavy atom. The fraction of sp³-hybridized carbons (Fsp3) is 0.455. The average Bonchev–Trinajstić information content (AvgIpc) is 3.34. The fourth-order valence-electron chi connectivity index (χ4n) is 5.38. The van der Waals surface area contributed by atoms with Gasteiger partial charge in [0.1, 0.15) is 11.5 Å². The monoisotopic (exact) mass is 350 g/mol. The zero-order valence-electron chi connectivity index (χ0n) is 15.5. The lowest BCUT2D eigenvalue weighted by atomic mass is 9.81. The highest BCUT2D eigenvalue weighted by atomic mass is 16.5. The number of rotatable bonds is 3. The summed E-state index contributed by atoms with van der Waals surface area (Å²) < 4.78 is 11.0. The van der Waals surface area contributed by atoms with E-state index in [9.17, 15) is 0 Å². The molecule has 3 heterocycles. The Labute approximate surface area is 155 Å². The van der Waals surface area contributed by atoms with Crippen LogP contribution in [0.1, 0.15) is 30.9 Å². The Bertz CT molecular complexity index is 822. The van der Waals surface area contributed by atoms with Crippen molar-refractivity contribution in [3.63, 3.8) is 0 Å². The van der Waals surface area contributed by atoms with Gasteiger partial charge in [-0.05, 0) is 43.0 Å². The molecule has 0 radical (unpaired) electrons. The second-order valence-corrected chi connectivity index (χ2v) is 7.62. The number of benzene rings is 2. The van der Waals surface area contributed by atoms with Crippen molar-refractivity contribution in [3.8, 4) is 11.5 Å². The molecule has 0 amide bonds. The molecule has 3 aliphatic rings. The summed E-state index contributed by atoms with van der Waals surface area (Å²) in [5.74, 6) is 2.59. The number of nitrogens with zero attached hydrogens (tertiary/aromatic N) is 2. The third kappa shape index (κ3) is 2.28. The van der Waals surface area contributed by atoms with Crippen LogP contribution in [0, 0.1) is 5.92 Å². The van der Waals surface area contributed by atoms with E-state index in [1.54, 1.807) is 14.2 Å². The first kappa shape index (κ1) is 15.9. The van der Waals surface area contributed by atoms with Crippen molar-refractivity contribution in [2.24, 2.45) is 5.92 Å². The molecule has 3 aliphatic heterocycles. The highest BCUT2D eigenvalue weighted by molar-refractivity contribution is 5.66. The zero-order valence-corrected chi connectivity index (χ0v) is 15.5. The van der Waals surface area contributed by atoms with E-state index < -0.39 is 0 Å².